The van der Waals surface area contributed by atoms with Crippen molar-refractivity contribution >= 4 is 0 Å². The van der Waals surface area contributed by atoms with E-state index in [0.717, 1.165) is 47.6 Å². The van der Waals surface area contributed by atoms with E-state index < -0.39 is 5.60 Å². The summed E-state index contributed by atoms with van der Waals surface area (Å²) < 4.78 is 5.16. The summed E-state index contributed by atoms with van der Waals surface area (Å²) in [6.45, 7) is 8.78. The highest BCUT2D eigenvalue weighted by Gasteiger charge is 2.55. The Morgan fingerprint density at radius 2 is 1.88 bits per heavy atom. The zero-order valence-electron chi connectivity index (χ0n) is 19.7. The third-order valence-corrected chi connectivity index (χ3v) is 6.76. The molecule has 1 atom stereocenters. The van der Waals surface area contributed by atoms with E-state index in [4.69, 9.17) is 4.74 Å². The Hall–Kier alpha value is -2.54. The molecular formula is C26H34N4O2. The largest absolute Gasteiger partial charge is 0.384 e. The number of ether oxygens (including phenoxy) is 1. The van der Waals surface area contributed by atoms with Crippen molar-refractivity contribution < 1.29 is 9.84 Å². The molecule has 6 nitrogen and oxygen atoms in total. The number of aromatic amines is 1. The van der Waals surface area contributed by atoms with Crippen LogP contribution in [0.1, 0.15) is 49.1 Å². The van der Waals surface area contributed by atoms with Gasteiger partial charge in [0.2, 0.25) is 0 Å². The number of benzene rings is 1. The fourth-order valence-electron chi connectivity index (χ4n) is 4.97. The van der Waals surface area contributed by atoms with Crippen molar-refractivity contribution in [1.82, 2.24) is 20.1 Å². The first-order valence-corrected chi connectivity index (χ1v) is 11.3. The molecule has 0 amide bonds. The molecule has 2 N–H and O–H groups in total. The lowest BCUT2D eigenvalue weighted by Crippen LogP contribution is -2.63. The summed E-state index contributed by atoms with van der Waals surface area (Å²) in [5.74, 6) is 0.444. The maximum absolute atomic E-state index is 12.4. The summed E-state index contributed by atoms with van der Waals surface area (Å²) in [6.07, 6.45) is 4.37. The SMILES string of the molecule is COCCc1cc(-c2cncc([C@@](O)(c3ccc(C(C)C)cc3)C3(C)CN(C)C3)c2)n[nH]1. The molecule has 0 bridgehead atoms. The Labute approximate surface area is 190 Å². The number of aromatic nitrogens is 3. The van der Waals surface area contributed by atoms with Gasteiger partial charge in [0, 0.05) is 61.2 Å². The van der Waals surface area contributed by atoms with Crippen molar-refractivity contribution in [3.8, 4) is 11.3 Å². The van der Waals surface area contributed by atoms with Crippen LogP contribution >= 0.6 is 0 Å². The number of rotatable bonds is 8. The zero-order chi connectivity index (χ0) is 22.9. The zero-order valence-corrected chi connectivity index (χ0v) is 19.7. The van der Waals surface area contributed by atoms with Gasteiger partial charge in [0.15, 0.2) is 0 Å². The number of aliphatic hydroxyl groups is 1. The van der Waals surface area contributed by atoms with Crippen LogP contribution in [0, 0.1) is 5.41 Å². The third kappa shape index (κ3) is 3.98. The van der Waals surface area contributed by atoms with Gasteiger partial charge in [0.05, 0.1) is 12.3 Å². The molecule has 2 aromatic heterocycles. The maximum Gasteiger partial charge on any atom is 0.124 e. The Bertz CT molecular complexity index is 1050. The van der Waals surface area contributed by atoms with E-state index in [2.05, 4.69) is 72.2 Å². The number of nitrogens with one attached hydrogen (secondary N) is 1. The van der Waals surface area contributed by atoms with Gasteiger partial charge in [-0.2, -0.15) is 5.10 Å². The van der Waals surface area contributed by atoms with Gasteiger partial charge in [-0.15, -0.1) is 0 Å². The molecule has 1 fully saturated rings. The Morgan fingerprint density at radius 1 is 1.16 bits per heavy atom. The quantitative estimate of drug-likeness (QED) is 0.561. The molecule has 170 valence electrons. The number of hydrogen-bond acceptors (Lipinski definition) is 5. The average molecular weight is 435 g/mol. The van der Waals surface area contributed by atoms with Gasteiger partial charge in [-0.1, -0.05) is 45.0 Å². The fraction of sp³-hybridized carbons (Fsp3) is 0.462. The van der Waals surface area contributed by atoms with Gasteiger partial charge in [-0.25, -0.2) is 0 Å². The maximum atomic E-state index is 12.4. The lowest BCUT2D eigenvalue weighted by atomic mass is 9.62. The highest BCUT2D eigenvalue weighted by atomic mass is 16.5. The molecule has 0 radical (unpaired) electrons. The van der Waals surface area contributed by atoms with Crippen LogP contribution in [-0.2, 0) is 16.8 Å². The number of likely N-dealkylation sites (tertiary alicyclic amines) is 1. The van der Waals surface area contributed by atoms with Crippen LogP contribution in [0.25, 0.3) is 11.3 Å². The predicted molar refractivity (Wildman–Crippen MR) is 127 cm³/mol. The molecule has 1 aliphatic rings. The van der Waals surface area contributed by atoms with E-state index >= 15 is 0 Å². The van der Waals surface area contributed by atoms with Crippen LogP contribution < -0.4 is 0 Å². The first kappa shape index (κ1) is 22.6. The normalized spacial score (nSPS) is 17.8. The summed E-state index contributed by atoms with van der Waals surface area (Å²) in [4.78, 5) is 6.75. The monoisotopic (exact) mass is 434 g/mol. The molecule has 1 aliphatic heterocycles. The number of pyridine rings is 1. The Kier molecular flexibility index (Phi) is 6.21. The summed E-state index contributed by atoms with van der Waals surface area (Å²) in [5, 5.41) is 19.9. The van der Waals surface area contributed by atoms with E-state index in [0.29, 0.717) is 12.5 Å². The van der Waals surface area contributed by atoms with Crippen LogP contribution in [0.15, 0.2) is 48.8 Å². The van der Waals surface area contributed by atoms with Crippen molar-refractivity contribution in [2.75, 3.05) is 33.9 Å². The molecule has 32 heavy (non-hydrogen) atoms. The molecule has 0 spiro atoms. The van der Waals surface area contributed by atoms with Gasteiger partial charge in [-0.05, 0) is 36.2 Å². The number of hydrogen-bond donors (Lipinski definition) is 2. The number of methoxy groups -OCH3 is 1. The molecule has 0 saturated carbocycles. The smallest absolute Gasteiger partial charge is 0.124 e. The van der Waals surface area contributed by atoms with Gasteiger partial charge in [0.1, 0.15) is 5.60 Å². The molecule has 6 heteroatoms. The molecule has 4 rings (SSSR count). The van der Waals surface area contributed by atoms with E-state index in [1.165, 1.54) is 5.56 Å². The molecule has 3 aromatic rings. The molecule has 3 heterocycles. The first-order valence-electron chi connectivity index (χ1n) is 11.3. The van der Waals surface area contributed by atoms with Crippen molar-refractivity contribution in [3.05, 3.63) is 71.2 Å². The van der Waals surface area contributed by atoms with Gasteiger partial charge in [0.25, 0.3) is 0 Å². The molecular weight excluding hydrogens is 400 g/mol. The topological polar surface area (TPSA) is 74.3 Å². The Balaban J connectivity index is 1.75. The second-order valence-electron chi connectivity index (χ2n) is 9.70. The first-order chi connectivity index (χ1) is 15.3. The minimum Gasteiger partial charge on any atom is -0.384 e. The lowest BCUT2D eigenvalue weighted by molar-refractivity contribution is -0.127. The molecule has 0 aliphatic carbocycles. The van der Waals surface area contributed by atoms with Crippen LogP contribution in [0.2, 0.25) is 0 Å². The van der Waals surface area contributed by atoms with E-state index in [1.54, 1.807) is 19.5 Å². The minimum absolute atomic E-state index is 0.323. The standard InChI is InChI=1S/C26H34N4O2/c1-18(2)19-6-8-21(9-7-19)26(31,25(3)16-30(4)17-25)22-12-20(14-27-15-22)24-13-23(28-29-24)10-11-32-5/h6-9,12-15,18,31H,10-11,16-17H2,1-5H3,(H,28,29)/t26-/m0/s1. The summed E-state index contributed by atoms with van der Waals surface area (Å²) in [5.41, 5.74) is 4.20. The van der Waals surface area contributed by atoms with E-state index in [1.807, 2.05) is 12.1 Å². The summed E-state index contributed by atoms with van der Waals surface area (Å²) >= 11 is 0. The summed E-state index contributed by atoms with van der Waals surface area (Å²) in [7, 11) is 3.78. The van der Waals surface area contributed by atoms with Crippen LogP contribution in [0.5, 0.6) is 0 Å². The molecule has 1 aromatic carbocycles. The van der Waals surface area contributed by atoms with E-state index in [-0.39, 0.29) is 5.41 Å². The predicted octanol–water partition coefficient (Wildman–Crippen LogP) is 3.97. The highest BCUT2D eigenvalue weighted by molar-refractivity contribution is 5.60. The molecule has 1 saturated heterocycles. The number of nitrogens with zero attached hydrogens (tertiary/aromatic N) is 3. The van der Waals surface area contributed by atoms with Gasteiger partial charge < -0.3 is 14.7 Å². The Morgan fingerprint density at radius 3 is 2.50 bits per heavy atom. The van der Waals surface area contributed by atoms with Crippen molar-refractivity contribution in [2.45, 2.75) is 38.7 Å². The van der Waals surface area contributed by atoms with Crippen molar-refractivity contribution in [3.63, 3.8) is 0 Å². The second-order valence-corrected chi connectivity index (χ2v) is 9.70. The van der Waals surface area contributed by atoms with Crippen LogP contribution in [0.3, 0.4) is 0 Å². The molecule has 0 unspecified atom stereocenters. The average Bonchev–Trinajstić information content (AvgIpc) is 3.25. The van der Waals surface area contributed by atoms with Gasteiger partial charge in [-0.3, -0.25) is 10.1 Å². The van der Waals surface area contributed by atoms with Gasteiger partial charge >= 0.3 is 0 Å². The van der Waals surface area contributed by atoms with E-state index in [9.17, 15) is 5.11 Å². The van der Waals surface area contributed by atoms with Crippen molar-refractivity contribution in [2.24, 2.45) is 5.41 Å². The fourth-order valence-corrected chi connectivity index (χ4v) is 4.97. The second kappa shape index (κ2) is 8.77. The minimum atomic E-state index is -1.16. The van der Waals surface area contributed by atoms with Crippen LogP contribution in [-0.4, -0.2) is 59.0 Å². The third-order valence-electron chi connectivity index (χ3n) is 6.76. The summed E-state index contributed by atoms with van der Waals surface area (Å²) in [6, 6.07) is 12.5. The van der Waals surface area contributed by atoms with Crippen molar-refractivity contribution in [1.29, 1.82) is 0 Å². The highest BCUT2D eigenvalue weighted by Crippen LogP contribution is 2.50. The lowest BCUT2D eigenvalue weighted by Gasteiger charge is -2.55. The number of H-pyrrole nitrogens is 1. The van der Waals surface area contributed by atoms with Crippen LogP contribution in [0.4, 0.5) is 0 Å².